The summed E-state index contributed by atoms with van der Waals surface area (Å²) in [4.78, 5) is 30.5. The number of esters is 1. The minimum absolute atomic E-state index is 0.0187. The van der Waals surface area contributed by atoms with Gasteiger partial charge in [-0.15, -0.1) is 0 Å². The van der Waals surface area contributed by atoms with Crippen molar-refractivity contribution in [2.24, 2.45) is 5.92 Å². The molecule has 1 aliphatic heterocycles. The summed E-state index contributed by atoms with van der Waals surface area (Å²) in [5.74, 6) is -0.866. The summed E-state index contributed by atoms with van der Waals surface area (Å²) in [5, 5.41) is 7.07. The highest BCUT2D eigenvalue weighted by molar-refractivity contribution is 6.11. The van der Waals surface area contributed by atoms with Crippen molar-refractivity contribution in [3.05, 3.63) is 53.9 Å². The first-order valence-corrected chi connectivity index (χ1v) is 11.8. The van der Waals surface area contributed by atoms with Gasteiger partial charge in [-0.25, -0.2) is 9.78 Å². The third kappa shape index (κ3) is 5.07. The molecule has 0 unspecified atom stereocenters. The summed E-state index contributed by atoms with van der Waals surface area (Å²) in [6, 6.07) is 12.0. The van der Waals surface area contributed by atoms with Crippen molar-refractivity contribution in [3.8, 4) is 0 Å². The van der Waals surface area contributed by atoms with Crippen molar-refractivity contribution in [1.29, 1.82) is 0 Å². The molecular formula is C26H32N4O4. The van der Waals surface area contributed by atoms with E-state index < -0.39 is 5.97 Å². The molecule has 1 fully saturated rings. The molecule has 3 heterocycles. The molecule has 34 heavy (non-hydrogen) atoms. The summed E-state index contributed by atoms with van der Waals surface area (Å²) < 4.78 is 12.8. The van der Waals surface area contributed by atoms with Gasteiger partial charge in [0, 0.05) is 24.5 Å². The Morgan fingerprint density at radius 1 is 1.29 bits per heavy atom. The summed E-state index contributed by atoms with van der Waals surface area (Å²) in [6.07, 6.45) is 4.31. The number of nitrogens with one attached hydrogen (secondary N) is 2. The Morgan fingerprint density at radius 2 is 2.09 bits per heavy atom. The van der Waals surface area contributed by atoms with Crippen LogP contribution in [0.5, 0.6) is 0 Å². The van der Waals surface area contributed by atoms with Gasteiger partial charge in [-0.2, -0.15) is 0 Å². The zero-order valence-electron chi connectivity index (χ0n) is 20.0. The Kier molecular flexibility index (Phi) is 7.47. The molecule has 1 saturated heterocycles. The third-order valence-electron chi connectivity index (χ3n) is 6.33. The van der Waals surface area contributed by atoms with Gasteiger partial charge in [-0.05, 0) is 30.9 Å². The van der Waals surface area contributed by atoms with Crippen LogP contribution in [0.4, 0.5) is 11.4 Å². The standard InChI is InChI=1S/C26H32N4O4/c1-4-17(2)25(31)29-22-21-13-19(27-14-18-9-6-5-7-10-18)15-28-24(21)30(23(22)26(32)33-3)16-20-11-8-12-34-20/h5-7,9-10,13,15,17,20,27H,4,8,11-12,14,16H2,1-3H3,(H,29,31)/t17-,20+/m0/s1. The van der Waals surface area contributed by atoms with Crippen LogP contribution in [0.2, 0.25) is 0 Å². The van der Waals surface area contributed by atoms with E-state index in [1.165, 1.54) is 7.11 Å². The number of carbonyl (C=O) groups is 2. The number of hydrogen-bond donors (Lipinski definition) is 2. The summed E-state index contributed by atoms with van der Waals surface area (Å²) in [5.41, 5.74) is 3.26. The van der Waals surface area contributed by atoms with Gasteiger partial charge in [0.1, 0.15) is 5.65 Å². The number of amides is 1. The van der Waals surface area contributed by atoms with Crippen LogP contribution in [0.25, 0.3) is 11.0 Å². The van der Waals surface area contributed by atoms with E-state index >= 15 is 0 Å². The van der Waals surface area contributed by atoms with E-state index in [4.69, 9.17) is 14.5 Å². The Bertz CT molecular complexity index is 1150. The van der Waals surface area contributed by atoms with Gasteiger partial charge in [-0.1, -0.05) is 44.2 Å². The second kappa shape index (κ2) is 10.7. The molecule has 0 spiro atoms. The molecule has 1 aliphatic rings. The Hall–Kier alpha value is -3.39. The van der Waals surface area contributed by atoms with Gasteiger partial charge in [-0.3, -0.25) is 4.79 Å². The third-order valence-corrected chi connectivity index (χ3v) is 6.33. The van der Waals surface area contributed by atoms with Crippen LogP contribution in [-0.4, -0.2) is 41.2 Å². The predicted molar refractivity (Wildman–Crippen MR) is 132 cm³/mol. The lowest BCUT2D eigenvalue weighted by Crippen LogP contribution is -2.23. The molecule has 180 valence electrons. The number of aromatic nitrogens is 2. The number of benzene rings is 1. The number of carbonyl (C=O) groups excluding carboxylic acids is 2. The summed E-state index contributed by atoms with van der Waals surface area (Å²) in [7, 11) is 1.34. The van der Waals surface area contributed by atoms with Crippen molar-refractivity contribution < 1.29 is 19.1 Å². The van der Waals surface area contributed by atoms with Crippen molar-refractivity contribution in [2.75, 3.05) is 24.4 Å². The van der Waals surface area contributed by atoms with Gasteiger partial charge in [0.25, 0.3) is 0 Å². The topological polar surface area (TPSA) is 94.5 Å². The lowest BCUT2D eigenvalue weighted by atomic mass is 10.1. The van der Waals surface area contributed by atoms with E-state index in [0.29, 0.717) is 42.8 Å². The van der Waals surface area contributed by atoms with Crippen LogP contribution in [0, 0.1) is 5.92 Å². The molecule has 1 aromatic carbocycles. The number of nitrogens with zero attached hydrogens (tertiary/aromatic N) is 2. The zero-order chi connectivity index (χ0) is 24.1. The molecule has 2 atom stereocenters. The lowest BCUT2D eigenvalue weighted by molar-refractivity contribution is -0.119. The maximum atomic E-state index is 12.9. The first-order valence-electron chi connectivity index (χ1n) is 11.8. The van der Waals surface area contributed by atoms with E-state index in [9.17, 15) is 9.59 Å². The van der Waals surface area contributed by atoms with Crippen molar-refractivity contribution in [3.63, 3.8) is 0 Å². The maximum absolute atomic E-state index is 12.9. The number of methoxy groups -OCH3 is 1. The zero-order valence-corrected chi connectivity index (χ0v) is 20.0. The Labute approximate surface area is 199 Å². The van der Waals surface area contributed by atoms with Crippen molar-refractivity contribution >= 4 is 34.3 Å². The molecule has 0 saturated carbocycles. The fraction of sp³-hybridized carbons (Fsp3) is 0.423. The molecule has 1 amide bonds. The number of fused-ring (bicyclic) bond motifs is 1. The summed E-state index contributed by atoms with van der Waals surface area (Å²) >= 11 is 0. The molecule has 0 radical (unpaired) electrons. The van der Waals surface area contributed by atoms with Crippen molar-refractivity contribution in [1.82, 2.24) is 9.55 Å². The fourth-order valence-electron chi connectivity index (χ4n) is 4.16. The smallest absolute Gasteiger partial charge is 0.356 e. The number of hydrogen-bond acceptors (Lipinski definition) is 6. The van der Waals surface area contributed by atoms with E-state index in [1.807, 2.05) is 54.8 Å². The minimum Gasteiger partial charge on any atom is -0.464 e. The molecule has 3 aromatic rings. The van der Waals surface area contributed by atoms with Gasteiger partial charge in [0.2, 0.25) is 5.91 Å². The van der Waals surface area contributed by atoms with Crippen LogP contribution in [0.15, 0.2) is 42.6 Å². The lowest BCUT2D eigenvalue weighted by Gasteiger charge is -2.15. The first-order chi connectivity index (χ1) is 16.5. The highest BCUT2D eigenvalue weighted by Gasteiger charge is 2.29. The van der Waals surface area contributed by atoms with Gasteiger partial charge in [0.15, 0.2) is 5.69 Å². The molecule has 4 rings (SSSR count). The maximum Gasteiger partial charge on any atom is 0.356 e. The number of rotatable bonds is 9. The fourth-order valence-corrected chi connectivity index (χ4v) is 4.16. The minimum atomic E-state index is -0.519. The second-order valence-electron chi connectivity index (χ2n) is 8.69. The number of pyridine rings is 1. The summed E-state index contributed by atoms with van der Waals surface area (Å²) in [6.45, 7) is 5.62. The monoisotopic (exact) mass is 464 g/mol. The average Bonchev–Trinajstić information content (AvgIpc) is 3.49. The molecule has 8 heteroatoms. The average molecular weight is 465 g/mol. The second-order valence-corrected chi connectivity index (χ2v) is 8.69. The van der Waals surface area contributed by atoms with Crippen LogP contribution >= 0.6 is 0 Å². The van der Waals surface area contributed by atoms with Crippen LogP contribution in [-0.2, 0) is 27.4 Å². The van der Waals surface area contributed by atoms with Gasteiger partial charge < -0.3 is 24.7 Å². The van der Waals surface area contributed by atoms with Crippen LogP contribution < -0.4 is 10.6 Å². The highest BCUT2D eigenvalue weighted by atomic mass is 16.5. The Balaban J connectivity index is 1.77. The van der Waals surface area contributed by atoms with Gasteiger partial charge in [0.05, 0.1) is 37.3 Å². The SMILES string of the molecule is CC[C@H](C)C(=O)Nc1c(C(=O)OC)n(C[C@H]2CCCO2)c2ncc(NCc3ccccc3)cc12. The molecule has 2 aromatic heterocycles. The highest BCUT2D eigenvalue weighted by Crippen LogP contribution is 2.34. The van der Waals surface area contributed by atoms with E-state index in [0.717, 1.165) is 24.1 Å². The number of anilines is 2. The quantitative estimate of drug-likeness (QED) is 0.450. The van der Waals surface area contributed by atoms with Gasteiger partial charge >= 0.3 is 5.97 Å². The molecule has 0 aliphatic carbocycles. The van der Waals surface area contributed by atoms with Crippen LogP contribution in [0.3, 0.4) is 0 Å². The van der Waals surface area contributed by atoms with Crippen molar-refractivity contribution in [2.45, 2.75) is 52.3 Å². The molecule has 2 N–H and O–H groups in total. The largest absolute Gasteiger partial charge is 0.464 e. The van der Waals surface area contributed by atoms with E-state index in [-0.39, 0.29) is 23.6 Å². The molecule has 8 nitrogen and oxygen atoms in total. The molecular weight excluding hydrogens is 432 g/mol. The van der Waals surface area contributed by atoms with Crippen LogP contribution in [0.1, 0.15) is 49.2 Å². The predicted octanol–water partition coefficient (Wildman–Crippen LogP) is 4.60. The molecule has 0 bridgehead atoms. The van der Waals surface area contributed by atoms with E-state index in [2.05, 4.69) is 10.6 Å². The Morgan fingerprint density at radius 3 is 2.76 bits per heavy atom. The normalized spacial score (nSPS) is 16.4. The first kappa shape index (κ1) is 23.8. The van der Waals surface area contributed by atoms with E-state index in [1.54, 1.807) is 6.20 Å². The number of ether oxygens (including phenoxy) is 2.